The number of hydrogen-bond donors (Lipinski definition) is 3. The number of aryl methyl sites for hydroxylation is 1. The first-order chi connectivity index (χ1) is 9.50. The van der Waals surface area contributed by atoms with E-state index in [0.29, 0.717) is 18.5 Å². The molecule has 1 amide bonds. The smallest absolute Gasteiger partial charge is 0.329 e. The summed E-state index contributed by atoms with van der Waals surface area (Å²) < 4.78 is 0. The summed E-state index contributed by atoms with van der Waals surface area (Å²) in [4.78, 5) is 26.5. The number of aromatic nitrogens is 1. The molecule has 0 radical (unpaired) electrons. The van der Waals surface area contributed by atoms with Crippen molar-refractivity contribution in [2.75, 3.05) is 0 Å². The third-order valence-electron chi connectivity index (χ3n) is 3.99. The van der Waals surface area contributed by atoms with E-state index in [1.165, 1.54) is 0 Å². The van der Waals surface area contributed by atoms with Crippen LogP contribution in [0.2, 0.25) is 0 Å². The summed E-state index contributed by atoms with van der Waals surface area (Å²) in [5.74, 6) is -1.31. The standard InChI is InChI=1S/C15H16N2O3/c1-9-3-4-10-8-12(16-11(10)7-9)13(18)17-15(14(19)20)5-2-6-15/h3-4,7-8,16H,2,5-6H2,1H3,(H,17,18)(H,19,20). The summed E-state index contributed by atoms with van der Waals surface area (Å²) in [5, 5.41) is 12.8. The molecule has 0 spiro atoms. The summed E-state index contributed by atoms with van der Waals surface area (Å²) in [6.07, 6.45) is 1.82. The Morgan fingerprint density at radius 1 is 1.30 bits per heavy atom. The highest BCUT2D eigenvalue weighted by atomic mass is 16.4. The number of carboxylic acids is 1. The number of rotatable bonds is 3. The lowest BCUT2D eigenvalue weighted by Crippen LogP contribution is -2.59. The van der Waals surface area contributed by atoms with Crippen molar-refractivity contribution in [1.29, 1.82) is 0 Å². The molecule has 0 atom stereocenters. The van der Waals surface area contributed by atoms with Gasteiger partial charge in [0.05, 0.1) is 0 Å². The van der Waals surface area contributed by atoms with E-state index in [0.717, 1.165) is 22.9 Å². The minimum absolute atomic E-state index is 0.360. The third kappa shape index (κ3) is 1.95. The molecule has 20 heavy (non-hydrogen) atoms. The Morgan fingerprint density at radius 3 is 2.65 bits per heavy atom. The topological polar surface area (TPSA) is 82.2 Å². The average Bonchev–Trinajstić information content (AvgIpc) is 2.75. The molecule has 0 aliphatic heterocycles. The zero-order valence-electron chi connectivity index (χ0n) is 11.2. The minimum Gasteiger partial charge on any atom is -0.480 e. The number of carboxylic acid groups (broad SMARTS) is 1. The molecule has 0 bridgehead atoms. The fourth-order valence-corrected chi connectivity index (χ4v) is 2.57. The monoisotopic (exact) mass is 272 g/mol. The Morgan fingerprint density at radius 2 is 2.05 bits per heavy atom. The number of fused-ring (bicyclic) bond motifs is 1. The van der Waals surface area contributed by atoms with Gasteiger partial charge in [-0.05, 0) is 43.9 Å². The number of carbonyl (C=O) groups is 2. The van der Waals surface area contributed by atoms with E-state index in [9.17, 15) is 14.7 Å². The van der Waals surface area contributed by atoms with Crippen molar-refractivity contribution < 1.29 is 14.7 Å². The molecule has 2 aromatic rings. The lowest BCUT2D eigenvalue weighted by molar-refractivity contribution is -0.148. The Labute approximate surface area is 116 Å². The lowest BCUT2D eigenvalue weighted by atomic mass is 9.76. The van der Waals surface area contributed by atoms with Gasteiger partial charge in [-0.1, -0.05) is 12.1 Å². The summed E-state index contributed by atoms with van der Waals surface area (Å²) in [6, 6.07) is 7.62. The quantitative estimate of drug-likeness (QED) is 0.801. The highest BCUT2D eigenvalue weighted by molar-refractivity contribution is 6.00. The molecule has 1 saturated carbocycles. The maximum atomic E-state index is 12.2. The van der Waals surface area contributed by atoms with Crippen LogP contribution < -0.4 is 5.32 Å². The SMILES string of the molecule is Cc1ccc2cc(C(=O)NC3(C(=O)O)CCC3)[nH]c2c1. The molecular weight excluding hydrogens is 256 g/mol. The number of hydrogen-bond acceptors (Lipinski definition) is 2. The molecule has 0 saturated heterocycles. The van der Waals surface area contributed by atoms with Gasteiger partial charge >= 0.3 is 5.97 Å². The van der Waals surface area contributed by atoms with Crippen molar-refractivity contribution in [2.24, 2.45) is 0 Å². The molecule has 1 aromatic carbocycles. The number of H-pyrrole nitrogens is 1. The van der Waals surface area contributed by atoms with Gasteiger partial charge in [-0.25, -0.2) is 4.79 Å². The van der Waals surface area contributed by atoms with E-state index in [2.05, 4.69) is 10.3 Å². The number of amides is 1. The van der Waals surface area contributed by atoms with Gasteiger partial charge in [0.2, 0.25) is 0 Å². The normalized spacial score (nSPS) is 16.6. The van der Waals surface area contributed by atoms with Crippen molar-refractivity contribution >= 4 is 22.8 Å². The molecule has 1 aliphatic carbocycles. The molecule has 5 nitrogen and oxygen atoms in total. The van der Waals surface area contributed by atoms with Crippen LogP contribution in [0.25, 0.3) is 10.9 Å². The van der Waals surface area contributed by atoms with E-state index < -0.39 is 11.5 Å². The van der Waals surface area contributed by atoms with Crippen LogP contribution in [0.3, 0.4) is 0 Å². The zero-order valence-corrected chi connectivity index (χ0v) is 11.2. The Balaban J connectivity index is 1.87. The number of nitrogens with one attached hydrogen (secondary N) is 2. The molecule has 1 aliphatic rings. The molecule has 1 aromatic heterocycles. The molecule has 1 fully saturated rings. The van der Waals surface area contributed by atoms with Crippen molar-refractivity contribution in [3.8, 4) is 0 Å². The van der Waals surface area contributed by atoms with Crippen LogP contribution in [0.5, 0.6) is 0 Å². The van der Waals surface area contributed by atoms with Crippen LogP contribution in [0.15, 0.2) is 24.3 Å². The highest BCUT2D eigenvalue weighted by Gasteiger charge is 2.45. The van der Waals surface area contributed by atoms with Crippen molar-refractivity contribution in [2.45, 2.75) is 31.7 Å². The predicted molar refractivity (Wildman–Crippen MR) is 74.7 cm³/mol. The van der Waals surface area contributed by atoms with Gasteiger partial charge < -0.3 is 15.4 Å². The molecule has 104 valence electrons. The average molecular weight is 272 g/mol. The van der Waals surface area contributed by atoms with Crippen LogP contribution in [0.1, 0.15) is 35.3 Å². The van der Waals surface area contributed by atoms with Crippen LogP contribution in [-0.2, 0) is 4.79 Å². The van der Waals surface area contributed by atoms with E-state index in [1.54, 1.807) is 6.07 Å². The molecule has 0 unspecified atom stereocenters. The second-order valence-corrected chi connectivity index (χ2v) is 5.47. The van der Waals surface area contributed by atoms with Gasteiger partial charge in [0.25, 0.3) is 5.91 Å². The van der Waals surface area contributed by atoms with E-state index in [-0.39, 0.29) is 5.91 Å². The molecular formula is C15H16N2O3. The molecule has 1 heterocycles. The Hall–Kier alpha value is -2.30. The lowest BCUT2D eigenvalue weighted by Gasteiger charge is -2.38. The second kappa shape index (κ2) is 4.37. The fraction of sp³-hybridized carbons (Fsp3) is 0.333. The Bertz CT molecular complexity index is 698. The van der Waals surface area contributed by atoms with Crippen molar-refractivity contribution in [3.63, 3.8) is 0 Å². The van der Waals surface area contributed by atoms with Gasteiger partial charge in [0.1, 0.15) is 11.2 Å². The van der Waals surface area contributed by atoms with Crippen molar-refractivity contribution in [1.82, 2.24) is 10.3 Å². The molecule has 3 N–H and O–H groups in total. The van der Waals surface area contributed by atoms with Gasteiger partial charge in [0.15, 0.2) is 0 Å². The zero-order chi connectivity index (χ0) is 14.3. The number of aliphatic carboxylic acids is 1. The molecule has 5 heteroatoms. The first-order valence-corrected chi connectivity index (χ1v) is 6.65. The van der Waals surface area contributed by atoms with Crippen LogP contribution in [0.4, 0.5) is 0 Å². The first kappa shape index (κ1) is 12.7. The van der Waals surface area contributed by atoms with Crippen molar-refractivity contribution in [3.05, 3.63) is 35.5 Å². The summed E-state index contributed by atoms with van der Waals surface area (Å²) in [7, 11) is 0. The third-order valence-corrected chi connectivity index (χ3v) is 3.99. The first-order valence-electron chi connectivity index (χ1n) is 6.65. The predicted octanol–water partition coefficient (Wildman–Crippen LogP) is 2.21. The maximum Gasteiger partial charge on any atom is 0.329 e. The van der Waals surface area contributed by atoms with Crippen LogP contribution in [0, 0.1) is 6.92 Å². The number of aromatic amines is 1. The van der Waals surface area contributed by atoms with Gasteiger partial charge in [-0.15, -0.1) is 0 Å². The van der Waals surface area contributed by atoms with E-state index in [4.69, 9.17) is 0 Å². The molecule has 3 rings (SSSR count). The van der Waals surface area contributed by atoms with E-state index in [1.807, 2.05) is 25.1 Å². The fourth-order valence-electron chi connectivity index (χ4n) is 2.57. The number of carbonyl (C=O) groups excluding carboxylic acids is 1. The summed E-state index contributed by atoms with van der Waals surface area (Å²) in [5.41, 5.74) is 1.31. The van der Waals surface area contributed by atoms with Gasteiger partial charge in [-0.2, -0.15) is 0 Å². The van der Waals surface area contributed by atoms with Crippen LogP contribution in [-0.4, -0.2) is 27.5 Å². The minimum atomic E-state index is -1.08. The second-order valence-electron chi connectivity index (χ2n) is 5.47. The maximum absolute atomic E-state index is 12.2. The summed E-state index contributed by atoms with van der Waals surface area (Å²) >= 11 is 0. The highest BCUT2D eigenvalue weighted by Crippen LogP contribution is 2.32. The summed E-state index contributed by atoms with van der Waals surface area (Å²) in [6.45, 7) is 1.98. The Kier molecular flexibility index (Phi) is 2.78. The van der Waals surface area contributed by atoms with Gasteiger partial charge in [-0.3, -0.25) is 4.79 Å². The number of benzene rings is 1. The van der Waals surface area contributed by atoms with Crippen LogP contribution >= 0.6 is 0 Å². The van der Waals surface area contributed by atoms with E-state index >= 15 is 0 Å². The largest absolute Gasteiger partial charge is 0.480 e. The van der Waals surface area contributed by atoms with Gasteiger partial charge in [0, 0.05) is 10.9 Å².